The smallest absolute Gasteiger partial charge is 0.338 e. The monoisotopic (exact) mass is 287 g/mol. The van der Waals surface area contributed by atoms with Gasteiger partial charge in [-0.05, 0) is 17.0 Å². The first-order chi connectivity index (χ1) is 10.8. The topological polar surface area (TPSA) is 50.1 Å². The molecule has 3 aromatic carbocycles. The van der Waals surface area contributed by atoms with Crippen LogP contribution in [0.2, 0.25) is 0 Å². The van der Waals surface area contributed by atoms with E-state index in [2.05, 4.69) is 6.07 Å². The van der Waals surface area contributed by atoms with Gasteiger partial charge in [-0.1, -0.05) is 54.6 Å². The van der Waals surface area contributed by atoms with E-state index in [0.717, 1.165) is 16.3 Å². The summed E-state index contributed by atoms with van der Waals surface area (Å²) in [6.45, 7) is 0. The number of esters is 1. The fraction of sp³-hybridized carbons (Fsp3) is 0.0526. The number of methoxy groups -OCH3 is 1. The summed E-state index contributed by atoms with van der Waals surface area (Å²) in [6.07, 6.45) is 0. The molecule has 3 nitrogen and oxygen atoms in total. The first-order valence-corrected chi connectivity index (χ1v) is 6.86. The molecule has 0 amide bonds. The third-order valence-corrected chi connectivity index (χ3v) is 3.63. The molecule has 0 bridgehead atoms. The van der Waals surface area contributed by atoms with Gasteiger partial charge in [0, 0.05) is 10.9 Å². The molecule has 3 aromatic rings. The number of carbonyl (C=O) groups excluding carboxylic acids is 1. The maximum Gasteiger partial charge on any atom is 0.338 e. The van der Waals surface area contributed by atoms with E-state index < -0.39 is 5.97 Å². The molecule has 0 atom stereocenters. The Morgan fingerprint density at radius 2 is 1.73 bits per heavy atom. The summed E-state index contributed by atoms with van der Waals surface area (Å²) in [6, 6.07) is 21.0. The number of hydrogen-bond acceptors (Lipinski definition) is 3. The molecule has 0 heterocycles. The quantitative estimate of drug-likeness (QED) is 0.665. The van der Waals surface area contributed by atoms with Gasteiger partial charge in [0.05, 0.1) is 18.2 Å². The first kappa shape index (κ1) is 13.8. The number of benzene rings is 3. The third kappa shape index (κ3) is 2.21. The normalized spacial score (nSPS) is 10.2. The van der Waals surface area contributed by atoms with Crippen molar-refractivity contribution in [2.75, 3.05) is 7.11 Å². The summed E-state index contributed by atoms with van der Waals surface area (Å²) in [5, 5.41) is 11.3. The second-order valence-electron chi connectivity index (χ2n) is 4.86. The molecule has 0 fully saturated rings. The number of hydrogen-bond donors (Lipinski definition) is 0. The van der Waals surface area contributed by atoms with Crippen molar-refractivity contribution in [3.05, 3.63) is 71.8 Å². The minimum Gasteiger partial charge on any atom is -0.465 e. The highest BCUT2D eigenvalue weighted by Crippen LogP contribution is 2.34. The predicted molar refractivity (Wildman–Crippen MR) is 85.4 cm³/mol. The molecule has 0 saturated carbocycles. The number of nitrogens with zero attached hydrogens (tertiary/aromatic N) is 1. The molecule has 0 radical (unpaired) electrons. The lowest BCUT2D eigenvalue weighted by Crippen LogP contribution is -2.05. The average Bonchev–Trinajstić information content (AvgIpc) is 2.60. The predicted octanol–water partition coefficient (Wildman–Crippen LogP) is 4.17. The number of nitriles is 1. The minimum absolute atomic E-state index is 0.406. The van der Waals surface area contributed by atoms with Crippen LogP contribution in [0.25, 0.3) is 21.9 Å². The number of carbonyl (C=O) groups is 1. The Balaban J connectivity index is 2.46. The van der Waals surface area contributed by atoms with Gasteiger partial charge in [-0.25, -0.2) is 4.79 Å². The molecule has 22 heavy (non-hydrogen) atoms. The highest BCUT2D eigenvalue weighted by atomic mass is 16.5. The lowest BCUT2D eigenvalue weighted by molar-refractivity contribution is 0.0602. The van der Waals surface area contributed by atoms with Gasteiger partial charge in [-0.15, -0.1) is 0 Å². The summed E-state index contributed by atoms with van der Waals surface area (Å²) >= 11 is 0. The van der Waals surface area contributed by atoms with Crippen LogP contribution in [-0.2, 0) is 4.74 Å². The highest BCUT2D eigenvalue weighted by Gasteiger charge is 2.20. The Morgan fingerprint density at radius 1 is 1.05 bits per heavy atom. The van der Waals surface area contributed by atoms with Crippen LogP contribution < -0.4 is 0 Å². The van der Waals surface area contributed by atoms with Crippen LogP contribution in [0.4, 0.5) is 0 Å². The van der Waals surface area contributed by atoms with Crippen molar-refractivity contribution >= 4 is 16.7 Å². The first-order valence-electron chi connectivity index (χ1n) is 6.86. The molecular formula is C19H13NO2. The van der Waals surface area contributed by atoms with Gasteiger partial charge in [0.25, 0.3) is 0 Å². The molecule has 0 aromatic heterocycles. The van der Waals surface area contributed by atoms with Gasteiger partial charge in [-0.3, -0.25) is 0 Å². The summed E-state index contributed by atoms with van der Waals surface area (Å²) in [5.41, 5.74) is 2.34. The molecule has 0 saturated heterocycles. The van der Waals surface area contributed by atoms with Crippen molar-refractivity contribution in [2.45, 2.75) is 0 Å². The Morgan fingerprint density at radius 3 is 2.41 bits per heavy atom. The average molecular weight is 287 g/mol. The van der Waals surface area contributed by atoms with Crippen LogP contribution >= 0.6 is 0 Å². The number of fused-ring (bicyclic) bond motifs is 1. The molecule has 106 valence electrons. The van der Waals surface area contributed by atoms with Crippen molar-refractivity contribution in [1.82, 2.24) is 0 Å². The molecular weight excluding hydrogens is 274 g/mol. The molecule has 0 aliphatic rings. The van der Waals surface area contributed by atoms with E-state index in [-0.39, 0.29) is 0 Å². The molecule has 0 unspecified atom stereocenters. The Hall–Kier alpha value is -3.12. The fourth-order valence-electron chi connectivity index (χ4n) is 2.64. The summed E-state index contributed by atoms with van der Waals surface area (Å²) in [7, 11) is 1.35. The van der Waals surface area contributed by atoms with Crippen LogP contribution in [0, 0.1) is 11.3 Å². The van der Waals surface area contributed by atoms with Gasteiger partial charge in [0.15, 0.2) is 0 Å². The molecule has 0 spiro atoms. The lowest BCUT2D eigenvalue weighted by Gasteiger charge is -2.13. The van der Waals surface area contributed by atoms with E-state index in [1.807, 2.05) is 54.6 Å². The third-order valence-electron chi connectivity index (χ3n) is 3.63. The SMILES string of the molecule is COC(=O)c1cc2ccccc2c(C#N)c1-c1ccccc1. The number of ether oxygens (including phenoxy) is 1. The zero-order valence-corrected chi connectivity index (χ0v) is 12.0. The second kappa shape index (κ2) is 5.71. The summed E-state index contributed by atoms with van der Waals surface area (Å²) in [5.74, 6) is -0.443. The van der Waals surface area contributed by atoms with E-state index >= 15 is 0 Å². The molecule has 3 heteroatoms. The van der Waals surface area contributed by atoms with Gasteiger partial charge in [0.2, 0.25) is 0 Å². The summed E-state index contributed by atoms with van der Waals surface area (Å²) in [4.78, 5) is 12.2. The number of rotatable bonds is 2. The maximum absolute atomic E-state index is 12.2. The van der Waals surface area contributed by atoms with Crippen LogP contribution in [0.15, 0.2) is 60.7 Å². The van der Waals surface area contributed by atoms with Crippen molar-refractivity contribution in [3.63, 3.8) is 0 Å². The van der Waals surface area contributed by atoms with E-state index in [1.165, 1.54) is 7.11 Å². The van der Waals surface area contributed by atoms with E-state index in [4.69, 9.17) is 4.74 Å². The highest BCUT2D eigenvalue weighted by molar-refractivity contribution is 6.06. The standard InChI is InChI=1S/C19H13NO2/c1-22-19(21)16-11-14-9-5-6-10-15(14)17(12-20)18(16)13-7-3-2-4-8-13/h2-11H,1H3. The van der Waals surface area contributed by atoms with E-state index in [9.17, 15) is 10.1 Å². The minimum atomic E-state index is -0.443. The molecule has 0 aliphatic heterocycles. The fourth-order valence-corrected chi connectivity index (χ4v) is 2.64. The Bertz CT molecular complexity index is 892. The summed E-state index contributed by atoms with van der Waals surface area (Å²) < 4.78 is 4.90. The van der Waals surface area contributed by atoms with Gasteiger partial charge >= 0.3 is 5.97 Å². The van der Waals surface area contributed by atoms with E-state index in [1.54, 1.807) is 6.07 Å². The van der Waals surface area contributed by atoms with Gasteiger partial charge < -0.3 is 4.74 Å². The largest absolute Gasteiger partial charge is 0.465 e. The van der Waals surface area contributed by atoms with Crippen molar-refractivity contribution in [2.24, 2.45) is 0 Å². The van der Waals surface area contributed by atoms with Crippen molar-refractivity contribution in [1.29, 1.82) is 5.26 Å². The van der Waals surface area contributed by atoms with Crippen LogP contribution in [0.1, 0.15) is 15.9 Å². The van der Waals surface area contributed by atoms with Crippen LogP contribution in [0.3, 0.4) is 0 Å². The Labute approximate surface area is 128 Å². The van der Waals surface area contributed by atoms with Crippen molar-refractivity contribution in [3.8, 4) is 17.2 Å². The van der Waals surface area contributed by atoms with E-state index in [0.29, 0.717) is 16.7 Å². The van der Waals surface area contributed by atoms with Gasteiger partial charge in [-0.2, -0.15) is 5.26 Å². The van der Waals surface area contributed by atoms with Crippen LogP contribution in [-0.4, -0.2) is 13.1 Å². The zero-order chi connectivity index (χ0) is 15.5. The van der Waals surface area contributed by atoms with Crippen LogP contribution in [0.5, 0.6) is 0 Å². The Kier molecular flexibility index (Phi) is 3.59. The molecule has 0 aliphatic carbocycles. The maximum atomic E-state index is 12.2. The van der Waals surface area contributed by atoms with Gasteiger partial charge in [0.1, 0.15) is 6.07 Å². The van der Waals surface area contributed by atoms with Crippen molar-refractivity contribution < 1.29 is 9.53 Å². The second-order valence-corrected chi connectivity index (χ2v) is 4.86. The lowest BCUT2D eigenvalue weighted by atomic mass is 9.90. The zero-order valence-electron chi connectivity index (χ0n) is 12.0. The molecule has 3 rings (SSSR count). The molecule has 0 N–H and O–H groups in total.